The van der Waals surface area contributed by atoms with Gasteiger partial charge >= 0.3 is 0 Å². The average molecular weight is 200 g/mol. The van der Waals surface area contributed by atoms with Crippen LogP contribution in [-0.2, 0) is 6.42 Å². The molecule has 1 aromatic carbocycles. The smallest absolute Gasteiger partial charge is 0.126 e. The van der Waals surface area contributed by atoms with E-state index < -0.39 is 17.0 Å². The van der Waals surface area contributed by atoms with E-state index in [4.69, 9.17) is 5.11 Å². The maximum absolute atomic E-state index is 13.2. The molecule has 0 bridgehead atoms. The Bertz CT molecular complexity index is 321. The second kappa shape index (κ2) is 4.05. The van der Waals surface area contributed by atoms with Gasteiger partial charge in [-0.05, 0) is 35.6 Å². The van der Waals surface area contributed by atoms with Crippen molar-refractivity contribution >= 4 is 0 Å². The lowest BCUT2D eigenvalue weighted by Crippen LogP contribution is -2.20. The van der Waals surface area contributed by atoms with Gasteiger partial charge in [0.25, 0.3) is 0 Å². The molecule has 0 unspecified atom stereocenters. The highest BCUT2D eigenvalue weighted by molar-refractivity contribution is 5.19. The summed E-state index contributed by atoms with van der Waals surface area (Å²) in [6.45, 7) is 3.55. The standard InChI is InChI=1S/C11H14F2O/c1-11(2,7-14)6-8-5-9(12)3-4-10(8)13/h3-5,14H,6-7H2,1-2H3. The molecule has 1 aromatic rings. The maximum Gasteiger partial charge on any atom is 0.126 e. The Kier molecular flexibility index (Phi) is 3.21. The van der Waals surface area contributed by atoms with Gasteiger partial charge in [-0.1, -0.05) is 13.8 Å². The molecule has 0 aromatic heterocycles. The van der Waals surface area contributed by atoms with Gasteiger partial charge in [0.15, 0.2) is 0 Å². The average Bonchev–Trinajstić information content (AvgIpc) is 2.11. The van der Waals surface area contributed by atoms with E-state index in [2.05, 4.69) is 0 Å². The number of hydrogen-bond donors (Lipinski definition) is 1. The maximum atomic E-state index is 13.2. The van der Waals surface area contributed by atoms with Gasteiger partial charge in [0.2, 0.25) is 0 Å². The summed E-state index contributed by atoms with van der Waals surface area (Å²) >= 11 is 0. The van der Waals surface area contributed by atoms with Crippen molar-refractivity contribution < 1.29 is 13.9 Å². The molecule has 0 amide bonds. The molecule has 1 rings (SSSR count). The van der Waals surface area contributed by atoms with Crippen molar-refractivity contribution in [3.8, 4) is 0 Å². The second-order valence-electron chi connectivity index (χ2n) is 4.23. The van der Waals surface area contributed by atoms with E-state index in [1.807, 2.05) is 0 Å². The SMILES string of the molecule is CC(C)(CO)Cc1cc(F)ccc1F. The van der Waals surface area contributed by atoms with Crippen molar-refractivity contribution in [1.29, 1.82) is 0 Å². The normalized spacial score (nSPS) is 11.8. The van der Waals surface area contributed by atoms with E-state index >= 15 is 0 Å². The van der Waals surface area contributed by atoms with Crippen LogP contribution in [0.5, 0.6) is 0 Å². The van der Waals surface area contributed by atoms with Crippen LogP contribution in [0.2, 0.25) is 0 Å². The molecule has 0 radical (unpaired) electrons. The Morgan fingerprint density at radius 3 is 2.50 bits per heavy atom. The van der Waals surface area contributed by atoms with Crippen molar-refractivity contribution in [2.45, 2.75) is 20.3 Å². The molecule has 1 nitrogen and oxygen atoms in total. The first-order chi connectivity index (χ1) is 6.44. The Morgan fingerprint density at radius 1 is 1.29 bits per heavy atom. The van der Waals surface area contributed by atoms with Crippen molar-refractivity contribution in [2.24, 2.45) is 5.41 Å². The molecule has 3 heteroatoms. The fraction of sp³-hybridized carbons (Fsp3) is 0.455. The van der Waals surface area contributed by atoms with Crippen molar-refractivity contribution in [2.75, 3.05) is 6.61 Å². The van der Waals surface area contributed by atoms with Gasteiger partial charge in [-0.3, -0.25) is 0 Å². The highest BCUT2D eigenvalue weighted by Crippen LogP contribution is 2.23. The number of aliphatic hydroxyl groups is 1. The van der Waals surface area contributed by atoms with Gasteiger partial charge in [0.1, 0.15) is 11.6 Å². The molecule has 0 aliphatic carbocycles. The van der Waals surface area contributed by atoms with Crippen LogP contribution < -0.4 is 0 Å². The summed E-state index contributed by atoms with van der Waals surface area (Å²) in [4.78, 5) is 0. The first-order valence-electron chi connectivity index (χ1n) is 4.49. The van der Waals surface area contributed by atoms with E-state index in [1.54, 1.807) is 13.8 Å². The Morgan fingerprint density at radius 2 is 1.93 bits per heavy atom. The Labute approximate surface area is 82.4 Å². The number of aliphatic hydroxyl groups excluding tert-OH is 1. The van der Waals surface area contributed by atoms with Crippen LogP contribution in [0.3, 0.4) is 0 Å². The summed E-state index contributed by atoms with van der Waals surface area (Å²) in [6, 6.07) is 3.37. The van der Waals surface area contributed by atoms with Crippen LogP contribution in [0.15, 0.2) is 18.2 Å². The first-order valence-corrected chi connectivity index (χ1v) is 4.49. The molecular weight excluding hydrogens is 186 g/mol. The quantitative estimate of drug-likeness (QED) is 0.794. The first kappa shape index (κ1) is 11.1. The highest BCUT2D eigenvalue weighted by atomic mass is 19.1. The van der Waals surface area contributed by atoms with Gasteiger partial charge in [0, 0.05) is 6.61 Å². The third kappa shape index (κ3) is 2.77. The van der Waals surface area contributed by atoms with Gasteiger partial charge in [-0.15, -0.1) is 0 Å². The minimum atomic E-state index is -0.449. The summed E-state index contributed by atoms with van der Waals surface area (Å²) in [6.07, 6.45) is 0.326. The van der Waals surface area contributed by atoms with E-state index in [0.717, 1.165) is 12.1 Å². The van der Waals surface area contributed by atoms with E-state index in [0.29, 0.717) is 12.0 Å². The molecule has 0 spiro atoms. The number of halogens is 2. The molecule has 0 saturated carbocycles. The largest absolute Gasteiger partial charge is 0.396 e. The summed E-state index contributed by atoms with van der Waals surface area (Å²) in [5.74, 6) is -0.872. The molecule has 0 aliphatic heterocycles. The fourth-order valence-corrected chi connectivity index (χ4v) is 1.25. The van der Waals surface area contributed by atoms with Crippen LogP contribution in [0.1, 0.15) is 19.4 Å². The minimum absolute atomic E-state index is 0.0526. The molecule has 1 N–H and O–H groups in total. The molecule has 0 aliphatic rings. The number of hydrogen-bond acceptors (Lipinski definition) is 1. The third-order valence-corrected chi connectivity index (χ3v) is 2.10. The third-order valence-electron chi connectivity index (χ3n) is 2.10. The Balaban J connectivity index is 2.91. The van der Waals surface area contributed by atoms with E-state index in [9.17, 15) is 8.78 Å². The minimum Gasteiger partial charge on any atom is -0.396 e. The monoisotopic (exact) mass is 200 g/mol. The topological polar surface area (TPSA) is 20.2 Å². The summed E-state index contributed by atoms with van der Waals surface area (Å²) in [7, 11) is 0. The number of rotatable bonds is 3. The second-order valence-corrected chi connectivity index (χ2v) is 4.23. The van der Waals surface area contributed by atoms with Crippen LogP contribution in [-0.4, -0.2) is 11.7 Å². The van der Waals surface area contributed by atoms with Crippen LogP contribution >= 0.6 is 0 Å². The molecule has 0 fully saturated rings. The van der Waals surface area contributed by atoms with Crippen molar-refractivity contribution in [3.05, 3.63) is 35.4 Å². The lowest BCUT2D eigenvalue weighted by Gasteiger charge is -2.21. The predicted octanol–water partition coefficient (Wildman–Crippen LogP) is 2.53. The summed E-state index contributed by atoms with van der Waals surface area (Å²) in [5, 5.41) is 9.00. The zero-order valence-electron chi connectivity index (χ0n) is 8.35. The molecular formula is C11H14F2O. The number of benzene rings is 1. The summed E-state index contributed by atoms with van der Waals surface area (Å²) < 4.78 is 26.0. The fourth-order valence-electron chi connectivity index (χ4n) is 1.25. The van der Waals surface area contributed by atoms with Gasteiger partial charge < -0.3 is 5.11 Å². The molecule has 0 heterocycles. The molecule has 0 atom stereocenters. The zero-order valence-corrected chi connectivity index (χ0v) is 8.35. The molecule has 78 valence electrons. The van der Waals surface area contributed by atoms with E-state index in [-0.39, 0.29) is 6.61 Å². The van der Waals surface area contributed by atoms with Crippen LogP contribution in [0, 0.1) is 17.0 Å². The molecule has 14 heavy (non-hydrogen) atoms. The molecule has 0 saturated heterocycles. The highest BCUT2D eigenvalue weighted by Gasteiger charge is 2.19. The summed E-state index contributed by atoms with van der Waals surface area (Å²) in [5.41, 5.74) is -0.113. The lowest BCUT2D eigenvalue weighted by atomic mass is 9.86. The Hall–Kier alpha value is -0.960. The van der Waals surface area contributed by atoms with Crippen LogP contribution in [0.4, 0.5) is 8.78 Å². The zero-order chi connectivity index (χ0) is 10.8. The van der Waals surface area contributed by atoms with Gasteiger partial charge in [-0.2, -0.15) is 0 Å². The van der Waals surface area contributed by atoms with E-state index in [1.165, 1.54) is 6.07 Å². The predicted molar refractivity (Wildman–Crippen MR) is 50.9 cm³/mol. The van der Waals surface area contributed by atoms with Gasteiger partial charge in [0.05, 0.1) is 0 Å². The van der Waals surface area contributed by atoms with Gasteiger partial charge in [-0.25, -0.2) is 8.78 Å². The lowest BCUT2D eigenvalue weighted by molar-refractivity contribution is 0.158. The van der Waals surface area contributed by atoms with Crippen LogP contribution in [0.25, 0.3) is 0 Å². The van der Waals surface area contributed by atoms with Crippen molar-refractivity contribution in [1.82, 2.24) is 0 Å². The van der Waals surface area contributed by atoms with Crippen molar-refractivity contribution in [3.63, 3.8) is 0 Å².